The number of imidazole rings is 2. The Labute approximate surface area is 158 Å². The van der Waals surface area contributed by atoms with Crippen molar-refractivity contribution in [1.82, 2.24) is 24.0 Å². The van der Waals surface area contributed by atoms with E-state index in [2.05, 4.69) is 30.8 Å². The molecule has 3 aromatic rings. The SMILES string of the molecule is Cn1ccnc1CN(Cc1cccc(C(=O)Nc2nccn2C)c1)C1CC1. The first kappa shape index (κ1) is 17.5. The minimum atomic E-state index is -0.145. The molecule has 0 aliphatic heterocycles. The second kappa shape index (κ2) is 7.36. The molecule has 1 saturated carbocycles. The van der Waals surface area contributed by atoms with Gasteiger partial charge in [-0.3, -0.25) is 15.0 Å². The highest BCUT2D eigenvalue weighted by atomic mass is 16.1. The van der Waals surface area contributed by atoms with Gasteiger partial charge in [0.1, 0.15) is 5.82 Å². The van der Waals surface area contributed by atoms with Crippen LogP contribution in [-0.4, -0.2) is 36.0 Å². The van der Waals surface area contributed by atoms with Crippen molar-refractivity contribution in [3.05, 3.63) is 66.0 Å². The van der Waals surface area contributed by atoms with Crippen LogP contribution >= 0.6 is 0 Å². The lowest BCUT2D eigenvalue weighted by molar-refractivity contribution is 0.102. The fourth-order valence-corrected chi connectivity index (χ4v) is 3.19. The third kappa shape index (κ3) is 4.09. The molecular weight excluding hydrogens is 340 g/mol. The molecule has 7 heteroatoms. The normalized spacial score (nSPS) is 13.9. The highest BCUT2D eigenvalue weighted by molar-refractivity contribution is 6.03. The van der Waals surface area contributed by atoms with Gasteiger partial charge >= 0.3 is 0 Å². The zero-order chi connectivity index (χ0) is 18.8. The zero-order valence-corrected chi connectivity index (χ0v) is 15.7. The van der Waals surface area contributed by atoms with E-state index in [1.54, 1.807) is 17.0 Å². The summed E-state index contributed by atoms with van der Waals surface area (Å²) in [5, 5.41) is 2.85. The molecule has 140 valence electrons. The van der Waals surface area contributed by atoms with E-state index >= 15 is 0 Å². The van der Waals surface area contributed by atoms with Crippen LogP contribution < -0.4 is 5.32 Å². The molecule has 0 unspecified atom stereocenters. The van der Waals surface area contributed by atoms with Crippen LogP contribution in [-0.2, 0) is 27.2 Å². The molecule has 1 aliphatic rings. The van der Waals surface area contributed by atoms with Crippen molar-refractivity contribution in [3.8, 4) is 0 Å². The van der Waals surface area contributed by atoms with Crippen molar-refractivity contribution in [2.45, 2.75) is 32.0 Å². The molecule has 2 heterocycles. The Bertz CT molecular complexity index is 939. The van der Waals surface area contributed by atoms with Gasteiger partial charge in [0.15, 0.2) is 0 Å². The maximum absolute atomic E-state index is 12.6. The van der Waals surface area contributed by atoms with Crippen LogP contribution in [0.2, 0.25) is 0 Å². The van der Waals surface area contributed by atoms with Crippen LogP contribution in [0.5, 0.6) is 0 Å². The first-order valence-electron chi connectivity index (χ1n) is 9.18. The summed E-state index contributed by atoms with van der Waals surface area (Å²) in [6.45, 7) is 1.62. The summed E-state index contributed by atoms with van der Waals surface area (Å²) in [4.78, 5) is 23.6. The van der Waals surface area contributed by atoms with Gasteiger partial charge in [-0.25, -0.2) is 9.97 Å². The van der Waals surface area contributed by atoms with E-state index in [0.29, 0.717) is 17.6 Å². The van der Waals surface area contributed by atoms with E-state index in [9.17, 15) is 4.79 Å². The van der Waals surface area contributed by atoms with Crippen molar-refractivity contribution in [1.29, 1.82) is 0 Å². The van der Waals surface area contributed by atoms with E-state index < -0.39 is 0 Å². The molecule has 0 bridgehead atoms. The Morgan fingerprint density at radius 2 is 1.93 bits per heavy atom. The van der Waals surface area contributed by atoms with E-state index in [1.165, 1.54) is 12.8 Å². The number of benzene rings is 1. The van der Waals surface area contributed by atoms with Crippen molar-refractivity contribution in [2.75, 3.05) is 5.32 Å². The number of nitrogens with zero attached hydrogens (tertiary/aromatic N) is 5. The van der Waals surface area contributed by atoms with Gasteiger partial charge in [0.05, 0.1) is 6.54 Å². The van der Waals surface area contributed by atoms with Crippen LogP contribution in [0.3, 0.4) is 0 Å². The summed E-state index contributed by atoms with van der Waals surface area (Å²) >= 11 is 0. The van der Waals surface area contributed by atoms with Crippen molar-refractivity contribution < 1.29 is 4.79 Å². The predicted octanol–water partition coefficient (Wildman–Crippen LogP) is 2.57. The minimum absolute atomic E-state index is 0.145. The zero-order valence-electron chi connectivity index (χ0n) is 15.7. The number of carbonyl (C=O) groups excluding carboxylic acids is 1. The number of hydrogen-bond donors (Lipinski definition) is 1. The van der Waals surface area contributed by atoms with Crippen LogP contribution in [0.1, 0.15) is 34.6 Å². The van der Waals surface area contributed by atoms with Crippen LogP contribution in [0, 0.1) is 0 Å². The first-order chi connectivity index (χ1) is 13.1. The molecule has 2 aromatic heterocycles. The third-order valence-corrected chi connectivity index (χ3v) is 4.95. The third-order valence-electron chi connectivity index (χ3n) is 4.95. The van der Waals surface area contributed by atoms with Crippen LogP contribution in [0.15, 0.2) is 49.1 Å². The maximum Gasteiger partial charge on any atom is 0.257 e. The highest BCUT2D eigenvalue weighted by Gasteiger charge is 2.29. The smallest absolute Gasteiger partial charge is 0.257 e. The minimum Gasteiger partial charge on any atom is -0.337 e. The fourth-order valence-electron chi connectivity index (χ4n) is 3.19. The Morgan fingerprint density at radius 3 is 2.59 bits per heavy atom. The molecular formula is C20H24N6O. The largest absolute Gasteiger partial charge is 0.337 e. The van der Waals surface area contributed by atoms with Gasteiger partial charge in [-0.15, -0.1) is 0 Å². The molecule has 0 atom stereocenters. The van der Waals surface area contributed by atoms with E-state index in [-0.39, 0.29) is 5.91 Å². The Morgan fingerprint density at radius 1 is 1.15 bits per heavy atom. The summed E-state index contributed by atoms with van der Waals surface area (Å²) in [5.41, 5.74) is 1.77. The summed E-state index contributed by atoms with van der Waals surface area (Å²) in [6, 6.07) is 8.42. The number of rotatable bonds is 7. The number of anilines is 1. The summed E-state index contributed by atoms with van der Waals surface area (Å²) < 4.78 is 3.84. The molecule has 1 amide bonds. The molecule has 4 rings (SSSR count). The Kier molecular flexibility index (Phi) is 4.77. The highest BCUT2D eigenvalue weighted by Crippen LogP contribution is 2.29. The Hall–Kier alpha value is -2.93. The monoisotopic (exact) mass is 364 g/mol. The quantitative estimate of drug-likeness (QED) is 0.700. The van der Waals surface area contributed by atoms with Gasteiger partial charge in [0.2, 0.25) is 5.95 Å². The average molecular weight is 364 g/mol. The topological polar surface area (TPSA) is 68.0 Å². The average Bonchev–Trinajstić information content (AvgIpc) is 3.33. The predicted molar refractivity (Wildman–Crippen MR) is 103 cm³/mol. The lowest BCUT2D eigenvalue weighted by Crippen LogP contribution is -2.26. The standard InChI is InChI=1S/C20H24N6O/c1-24-10-8-21-18(24)14-26(17-6-7-17)13-15-4-3-5-16(12-15)19(27)23-20-22-9-11-25(20)2/h3-5,8-12,17H,6-7,13-14H2,1-2H3,(H,22,23,27). The van der Waals surface area contributed by atoms with Crippen LogP contribution in [0.25, 0.3) is 0 Å². The van der Waals surface area contributed by atoms with Crippen molar-refractivity contribution in [3.63, 3.8) is 0 Å². The van der Waals surface area contributed by atoms with E-state index in [0.717, 1.165) is 24.5 Å². The second-order valence-corrected chi connectivity index (χ2v) is 7.11. The van der Waals surface area contributed by atoms with Gasteiger partial charge in [-0.2, -0.15) is 0 Å². The number of carbonyl (C=O) groups is 1. The van der Waals surface area contributed by atoms with Gasteiger partial charge in [0.25, 0.3) is 5.91 Å². The summed E-state index contributed by atoms with van der Waals surface area (Å²) in [6.07, 6.45) is 9.73. The maximum atomic E-state index is 12.6. The molecule has 1 fully saturated rings. The molecule has 1 N–H and O–H groups in total. The van der Waals surface area contributed by atoms with Gasteiger partial charge in [-0.05, 0) is 30.5 Å². The van der Waals surface area contributed by atoms with Crippen molar-refractivity contribution in [2.24, 2.45) is 14.1 Å². The number of aryl methyl sites for hydroxylation is 2. The number of hydrogen-bond acceptors (Lipinski definition) is 4. The number of nitrogens with one attached hydrogen (secondary N) is 1. The lowest BCUT2D eigenvalue weighted by Gasteiger charge is -2.22. The molecule has 0 spiro atoms. The van der Waals surface area contributed by atoms with Crippen molar-refractivity contribution >= 4 is 11.9 Å². The van der Waals surface area contributed by atoms with Gasteiger partial charge < -0.3 is 9.13 Å². The van der Waals surface area contributed by atoms with E-state index in [4.69, 9.17) is 0 Å². The van der Waals surface area contributed by atoms with E-state index in [1.807, 2.05) is 44.7 Å². The van der Waals surface area contributed by atoms with Gasteiger partial charge in [0, 0.05) is 57.0 Å². The van der Waals surface area contributed by atoms with Crippen LogP contribution in [0.4, 0.5) is 5.95 Å². The molecule has 7 nitrogen and oxygen atoms in total. The number of aromatic nitrogens is 4. The molecule has 1 aromatic carbocycles. The number of amides is 1. The Balaban J connectivity index is 1.47. The molecule has 27 heavy (non-hydrogen) atoms. The van der Waals surface area contributed by atoms with Gasteiger partial charge in [-0.1, -0.05) is 12.1 Å². The second-order valence-electron chi connectivity index (χ2n) is 7.11. The molecule has 1 aliphatic carbocycles. The summed E-state index contributed by atoms with van der Waals surface area (Å²) in [7, 11) is 3.88. The lowest BCUT2D eigenvalue weighted by atomic mass is 10.1. The molecule has 0 saturated heterocycles. The summed E-state index contributed by atoms with van der Waals surface area (Å²) in [5.74, 6) is 1.46. The first-order valence-corrected chi connectivity index (χ1v) is 9.18. The molecule has 0 radical (unpaired) electrons. The fraction of sp³-hybridized carbons (Fsp3) is 0.350.